The van der Waals surface area contributed by atoms with Gasteiger partial charge < -0.3 is 0 Å². The molecule has 0 bridgehead atoms. The van der Waals surface area contributed by atoms with Gasteiger partial charge in [-0.3, -0.25) is 9.48 Å². The summed E-state index contributed by atoms with van der Waals surface area (Å²) in [4.78, 5) is 3.26. The average molecular weight is 258 g/mol. The van der Waals surface area contributed by atoms with Crippen LogP contribution in [0.2, 0.25) is 5.02 Å². The molecular formula is C12H18ClN2S+. The Balaban J connectivity index is 2.96. The molecule has 2 nitrogen and oxygen atoms in total. The van der Waals surface area contributed by atoms with Crippen molar-refractivity contribution in [3.8, 4) is 0 Å². The maximum Gasteiger partial charge on any atom is 0.312 e. The zero-order chi connectivity index (χ0) is 12.3. The fourth-order valence-corrected chi connectivity index (χ4v) is 2.46. The molecule has 0 radical (unpaired) electrons. The Hall–Kier alpha value is -0.670. The first-order chi connectivity index (χ1) is 7.41. The summed E-state index contributed by atoms with van der Waals surface area (Å²) in [7, 11) is 8.16. The number of thioether (sulfide) groups is 1. The molecule has 0 aliphatic heterocycles. The van der Waals surface area contributed by atoms with E-state index in [9.17, 15) is 0 Å². The predicted octanol–water partition coefficient (Wildman–Crippen LogP) is 2.93. The Bertz CT molecular complexity index is 409. The summed E-state index contributed by atoms with van der Waals surface area (Å²) < 4.78 is 2.10. The summed E-state index contributed by atoms with van der Waals surface area (Å²) in [6.45, 7) is 2.01. The van der Waals surface area contributed by atoms with Crippen LogP contribution in [0.25, 0.3) is 0 Å². The highest BCUT2D eigenvalue weighted by atomic mass is 35.5. The summed E-state index contributed by atoms with van der Waals surface area (Å²) in [5.41, 5.74) is 1.11. The Labute approximate surface area is 107 Å². The van der Waals surface area contributed by atoms with Crippen LogP contribution in [0.15, 0.2) is 23.1 Å². The minimum absolute atomic E-state index is 0.821. The molecule has 0 spiro atoms. The molecule has 88 valence electrons. The van der Waals surface area contributed by atoms with Gasteiger partial charge in [-0.2, -0.15) is 0 Å². The predicted molar refractivity (Wildman–Crippen MR) is 72.8 cm³/mol. The summed E-state index contributed by atoms with van der Waals surface area (Å²) >= 11 is 7.82. The van der Waals surface area contributed by atoms with Crippen LogP contribution in [-0.4, -0.2) is 42.8 Å². The van der Waals surface area contributed by atoms with Crippen LogP contribution in [-0.2, 0) is 0 Å². The lowest BCUT2D eigenvalue weighted by molar-refractivity contribution is -0.466. The molecule has 0 saturated heterocycles. The van der Waals surface area contributed by atoms with Gasteiger partial charge in [-0.05, 0) is 36.4 Å². The van der Waals surface area contributed by atoms with E-state index < -0.39 is 0 Å². The summed E-state index contributed by atoms with van der Waals surface area (Å²) in [5, 5.41) is 2.00. The minimum Gasteiger partial charge on any atom is -0.261 e. The number of nitrogens with zero attached hydrogens (tertiary/aromatic N) is 2. The van der Waals surface area contributed by atoms with E-state index in [0.29, 0.717) is 0 Å². The molecule has 0 N–H and O–H groups in total. The lowest BCUT2D eigenvalue weighted by Crippen LogP contribution is -2.26. The molecule has 0 saturated carbocycles. The van der Waals surface area contributed by atoms with E-state index in [4.69, 9.17) is 11.6 Å². The first-order valence-electron chi connectivity index (χ1n) is 5.07. The molecule has 4 heteroatoms. The van der Waals surface area contributed by atoms with Gasteiger partial charge in [-0.1, -0.05) is 17.7 Å². The van der Waals surface area contributed by atoms with Crippen molar-refractivity contribution in [1.29, 1.82) is 0 Å². The van der Waals surface area contributed by atoms with Crippen molar-refractivity contribution >= 4 is 28.5 Å². The summed E-state index contributed by atoms with van der Waals surface area (Å²) in [5.74, 6) is 0. The Morgan fingerprint density at radius 3 is 2.38 bits per heavy atom. The molecule has 0 aromatic heterocycles. The second-order valence-electron chi connectivity index (χ2n) is 4.08. The van der Waals surface area contributed by atoms with Gasteiger partial charge in [0.1, 0.15) is 0 Å². The van der Waals surface area contributed by atoms with Gasteiger partial charge >= 0.3 is 5.17 Å². The normalized spacial score (nSPS) is 10.1. The first kappa shape index (κ1) is 13.4. The van der Waals surface area contributed by atoms with Gasteiger partial charge in [0.2, 0.25) is 0 Å². The molecule has 1 aromatic carbocycles. The van der Waals surface area contributed by atoms with E-state index in [-0.39, 0.29) is 0 Å². The van der Waals surface area contributed by atoms with E-state index in [2.05, 4.69) is 15.5 Å². The molecule has 0 unspecified atom stereocenters. The molecule has 0 atom stereocenters. The van der Waals surface area contributed by atoms with Gasteiger partial charge in [0.25, 0.3) is 0 Å². The third-order valence-corrected chi connectivity index (χ3v) is 3.93. The summed E-state index contributed by atoms with van der Waals surface area (Å²) in [6.07, 6.45) is 0. The van der Waals surface area contributed by atoms with Crippen molar-refractivity contribution in [2.24, 2.45) is 0 Å². The van der Waals surface area contributed by atoms with Gasteiger partial charge in [-0.25, -0.2) is 0 Å². The largest absolute Gasteiger partial charge is 0.312 e. The van der Waals surface area contributed by atoms with Crippen molar-refractivity contribution in [3.63, 3.8) is 0 Å². The van der Waals surface area contributed by atoms with E-state index in [0.717, 1.165) is 15.5 Å². The van der Waals surface area contributed by atoms with Crippen molar-refractivity contribution < 1.29 is 4.58 Å². The lowest BCUT2D eigenvalue weighted by atomic mass is 10.2. The van der Waals surface area contributed by atoms with Crippen LogP contribution >= 0.6 is 23.4 Å². The average Bonchev–Trinajstić information content (AvgIpc) is 2.18. The van der Waals surface area contributed by atoms with Crippen LogP contribution in [0.3, 0.4) is 0 Å². The van der Waals surface area contributed by atoms with E-state index in [1.807, 2.05) is 47.2 Å². The lowest BCUT2D eigenvalue weighted by Gasteiger charge is -2.10. The zero-order valence-electron chi connectivity index (χ0n) is 10.4. The van der Waals surface area contributed by atoms with Gasteiger partial charge in [0.15, 0.2) is 0 Å². The highest BCUT2D eigenvalue weighted by Gasteiger charge is 2.14. The number of rotatable bonds is 1. The second kappa shape index (κ2) is 5.60. The highest BCUT2D eigenvalue weighted by molar-refractivity contribution is 8.13. The molecule has 0 aliphatic rings. The second-order valence-corrected chi connectivity index (χ2v) is 5.53. The van der Waals surface area contributed by atoms with E-state index >= 15 is 0 Å². The molecule has 0 amide bonds. The van der Waals surface area contributed by atoms with E-state index in [1.54, 1.807) is 11.8 Å². The Kier molecular flexibility index (Phi) is 4.69. The van der Waals surface area contributed by atoms with Crippen LogP contribution in [0, 0.1) is 6.92 Å². The number of halogens is 1. The fraction of sp³-hybridized carbons (Fsp3) is 0.417. The van der Waals surface area contributed by atoms with Crippen LogP contribution in [0.5, 0.6) is 0 Å². The van der Waals surface area contributed by atoms with Crippen LogP contribution < -0.4 is 0 Å². The van der Waals surface area contributed by atoms with Crippen molar-refractivity contribution in [2.45, 2.75) is 11.8 Å². The Morgan fingerprint density at radius 1 is 1.31 bits per heavy atom. The van der Waals surface area contributed by atoms with Crippen LogP contribution in [0.4, 0.5) is 0 Å². The molecule has 0 heterocycles. The molecule has 1 rings (SSSR count). The van der Waals surface area contributed by atoms with Crippen molar-refractivity contribution in [3.05, 3.63) is 28.8 Å². The molecule has 16 heavy (non-hydrogen) atoms. The highest BCUT2D eigenvalue weighted by Crippen LogP contribution is 2.25. The van der Waals surface area contributed by atoms with Crippen molar-refractivity contribution in [2.75, 3.05) is 28.2 Å². The number of aryl methyl sites for hydroxylation is 1. The number of amidine groups is 1. The maximum absolute atomic E-state index is 6.11. The molecular weight excluding hydrogens is 240 g/mol. The number of hydrogen-bond donors (Lipinski definition) is 0. The number of benzene rings is 1. The minimum atomic E-state index is 0.821. The quantitative estimate of drug-likeness (QED) is 0.330. The topological polar surface area (TPSA) is 6.25 Å². The zero-order valence-corrected chi connectivity index (χ0v) is 12.0. The monoisotopic (exact) mass is 257 g/mol. The first-order valence-corrected chi connectivity index (χ1v) is 6.27. The Morgan fingerprint density at radius 2 is 1.94 bits per heavy atom. The SMILES string of the molecule is Cc1ccc(SC(N(C)C)=[N+](C)C)cc1Cl. The smallest absolute Gasteiger partial charge is 0.261 e. The third kappa shape index (κ3) is 3.42. The van der Waals surface area contributed by atoms with Gasteiger partial charge in [0, 0.05) is 9.92 Å². The van der Waals surface area contributed by atoms with Crippen molar-refractivity contribution in [1.82, 2.24) is 4.90 Å². The number of hydrogen-bond acceptors (Lipinski definition) is 1. The molecule has 0 aliphatic carbocycles. The van der Waals surface area contributed by atoms with E-state index in [1.165, 1.54) is 5.17 Å². The van der Waals surface area contributed by atoms with Gasteiger partial charge in [-0.15, -0.1) is 0 Å². The van der Waals surface area contributed by atoms with Gasteiger partial charge in [0.05, 0.1) is 28.2 Å². The molecule has 0 fully saturated rings. The summed E-state index contributed by atoms with van der Waals surface area (Å²) in [6, 6.07) is 6.15. The van der Waals surface area contributed by atoms with Crippen LogP contribution in [0.1, 0.15) is 5.56 Å². The standard InChI is InChI=1S/C12H18ClN2S/c1-9-6-7-10(8-11(9)13)16-12(14(2)3)15(4)5/h6-8H,1-5H3/q+1. The maximum atomic E-state index is 6.11. The fourth-order valence-electron chi connectivity index (χ4n) is 1.33. The third-order valence-electron chi connectivity index (χ3n) is 2.12. The molecule has 1 aromatic rings.